The van der Waals surface area contributed by atoms with Crippen molar-refractivity contribution in [3.8, 4) is 0 Å². The van der Waals surface area contributed by atoms with Gasteiger partial charge in [0, 0.05) is 50.4 Å². The maximum atomic E-state index is 14.5. The molecule has 70 heavy (non-hydrogen) atoms. The molecule has 0 unspecified atom stereocenters. The van der Waals surface area contributed by atoms with E-state index in [1.165, 1.54) is 12.5 Å². The Morgan fingerprint density at radius 2 is 1.04 bits per heavy atom. The number of hydrogen-bond donors (Lipinski definition) is 11. The number of carbonyl (C=O) groups excluding carboxylic acids is 6. The highest BCUT2D eigenvalue weighted by atomic mass is 32.2. The van der Waals surface area contributed by atoms with Crippen molar-refractivity contribution in [1.82, 2.24) is 41.9 Å². The van der Waals surface area contributed by atoms with Gasteiger partial charge in [0.25, 0.3) is 0 Å². The zero-order valence-electron chi connectivity index (χ0n) is 40.0. The van der Waals surface area contributed by atoms with Gasteiger partial charge in [0.15, 0.2) is 0 Å². The molecular weight excluding hydrogens is 923 g/mol. The Balaban J connectivity index is 1.89. The highest BCUT2D eigenvalue weighted by Crippen LogP contribution is 2.11. The van der Waals surface area contributed by atoms with E-state index in [4.69, 9.17) is 17.2 Å². The molecule has 0 aliphatic rings. The number of amides is 6. The molecule has 21 nitrogen and oxygen atoms in total. The average molecular weight is 996 g/mol. The minimum atomic E-state index is -3.49. The Kier molecular flexibility index (Phi) is 26.4. The largest absolute Gasteiger partial charge is 0.481 e. The van der Waals surface area contributed by atoms with Crippen LogP contribution in [0.1, 0.15) is 93.9 Å². The summed E-state index contributed by atoms with van der Waals surface area (Å²) in [6.45, 7) is 1.39. The van der Waals surface area contributed by atoms with Gasteiger partial charge in [-0.3, -0.25) is 33.6 Å². The normalized spacial score (nSPS) is 13.9. The molecule has 386 valence electrons. The fourth-order valence-electron chi connectivity index (χ4n) is 7.39. The molecule has 3 rings (SSSR count). The zero-order valence-corrected chi connectivity index (χ0v) is 40.9. The van der Waals surface area contributed by atoms with Crippen molar-refractivity contribution in [1.29, 1.82) is 0 Å². The SMILES string of the molecule is CS(=O)(=O)CC[C@@H](N)C(=O)N[C@H](CCC(=O)O)C(=O)N[C@H](Cc1cnc[nH]1)C(=O)N[C@H](Cc1ccccc1)C(=O)N[C@@H](CCCCN)C(=O)N[C@H](Cc1ccccc1)C(=O)NCCCCCCCCN. The van der Waals surface area contributed by atoms with Gasteiger partial charge >= 0.3 is 5.97 Å². The number of sulfone groups is 1. The number of carboxylic acids is 1. The van der Waals surface area contributed by atoms with Gasteiger partial charge in [-0.15, -0.1) is 0 Å². The number of rotatable bonds is 35. The van der Waals surface area contributed by atoms with E-state index in [1.807, 2.05) is 30.3 Å². The van der Waals surface area contributed by atoms with E-state index in [2.05, 4.69) is 41.9 Å². The Hall–Kier alpha value is -6.23. The van der Waals surface area contributed by atoms with Crippen molar-refractivity contribution in [2.75, 3.05) is 31.6 Å². The number of nitrogens with zero attached hydrogens (tertiary/aromatic N) is 1. The third kappa shape index (κ3) is 23.4. The van der Waals surface area contributed by atoms with Crippen LogP contribution < -0.4 is 49.1 Å². The smallest absolute Gasteiger partial charge is 0.303 e. The minimum Gasteiger partial charge on any atom is -0.481 e. The number of unbranched alkanes of at least 4 members (excludes halogenated alkanes) is 6. The number of aromatic nitrogens is 2. The molecule has 0 bridgehead atoms. The molecule has 2 aromatic carbocycles. The van der Waals surface area contributed by atoms with Gasteiger partial charge in [0.1, 0.15) is 40.0 Å². The van der Waals surface area contributed by atoms with Crippen LogP contribution in [0.4, 0.5) is 0 Å². The van der Waals surface area contributed by atoms with E-state index in [-0.39, 0.29) is 38.0 Å². The van der Waals surface area contributed by atoms with Gasteiger partial charge in [-0.1, -0.05) is 86.3 Å². The lowest BCUT2D eigenvalue weighted by Crippen LogP contribution is -2.60. The summed E-state index contributed by atoms with van der Waals surface area (Å²) in [5.74, 6) is -6.19. The molecule has 1 heterocycles. The van der Waals surface area contributed by atoms with Crippen molar-refractivity contribution < 1.29 is 47.1 Å². The van der Waals surface area contributed by atoms with E-state index in [0.717, 1.165) is 50.3 Å². The molecule has 6 amide bonds. The van der Waals surface area contributed by atoms with Gasteiger partial charge in [-0.25, -0.2) is 13.4 Å². The van der Waals surface area contributed by atoms with Crippen LogP contribution in [0.15, 0.2) is 73.2 Å². The highest BCUT2D eigenvalue weighted by Gasteiger charge is 2.34. The second-order valence-corrected chi connectivity index (χ2v) is 19.7. The zero-order chi connectivity index (χ0) is 51.3. The molecule has 0 fully saturated rings. The van der Waals surface area contributed by atoms with Gasteiger partial charge in [0.2, 0.25) is 35.4 Å². The summed E-state index contributed by atoms with van der Waals surface area (Å²) in [7, 11) is -3.49. The summed E-state index contributed by atoms with van der Waals surface area (Å²) >= 11 is 0. The molecule has 0 aliphatic carbocycles. The summed E-state index contributed by atoms with van der Waals surface area (Å²) in [5, 5.41) is 25.8. The number of benzene rings is 2. The first kappa shape index (κ1) is 58.1. The number of aliphatic carboxylic acids is 1. The summed E-state index contributed by atoms with van der Waals surface area (Å²) < 4.78 is 23.4. The Labute approximate surface area is 410 Å². The van der Waals surface area contributed by atoms with Crippen LogP contribution in [-0.4, -0.2) is 133 Å². The van der Waals surface area contributed by atoms with Crippen molar-refractivity contribution in [3.63, 3.8) is 0 Å². The number of imidazole rings is 1. The fraction of sp³-hybridized carbons (Fsp3) is 0.542. The molecular formula is C48H73N11O10S. The minimum absolute atomic E-state index is 0.0605. The van der Waals surface area contributed by atoms with Crippen LogP contribution in [0.2, 0.25) is 0 Å². The standard InChI is InChI=1S/C48H73N11O10S/c1-70(68,69)27-23-36(51)43(62)55-38(21-22-42(60)61)46(65)59-41(30-35-31-52-32-54-35)48(67)58-40(29-34-18-10-7-11-19-34)47(66)56-37(20-12-14-25-50)45(64)57-39(28-33-16-8-6-9-17-33)44(63)53-26-15-5-3-2-4-13-24-49/h6-11,16-19,31-32,36-41H,2-5,12-15,20-30,49-51H2,1H3,(H,52,54)(H,53,63)(H,55,62)(H,56,66)(H,57,64)(H,58,67)(H,59,65)(H,60,61)/t36-,37+,38-,39-,40-,41-/m1/s1. The lowest BCUT2D eigenvalue weighted by molar-refractivity contribution is -0.138. The lowest BCUT2D eigenvalue weighted by atomic mass is 10.0. The van der Waals surface area contributed by atoms with E-state index in [1.54, 1.807) is 30.3 Å². The molecule has 14 N–H and O–H groups in total. The second-order valence-electron chi connectivity index (χ2n) is 17.4. The van der Waals surface area contributed by atoms with Crippen molar-refractivity contribution in [2.24, 2.45) is 17.2 Å². The second kappa shape index (κ2) is 31.8. The lowest BCUT2D eigenvalue weighted by Gasteiger charge is -2.27. The molecule has 22 heteroatoms. The predicted molar refractivity (Wildman–Crippen MR) is 264 cm³/mol. The van der Waals surface area contributed by atoms with E-state index in [0.29, 0.717) is 43.7 Å². The van der Waals surface area contributed by atoms with Gasteiger partial charge < -0.3 is 59.2 Å². The quantitative estimate of drug-likeness (QED) is 0.0347. The fourth-order valence-corrected chi connectivity index (χ4v) is 8.08. The first-order valence-corrected chi connectivity index (χ1v) is 26.0. The molecule has 3 aromatic rings. The van der Waals surface area contributed by atoms with Gasteiger partial charge in [-0.05, 0) is 69.2 Å². The van der Waals surface area contributed by atoms with Crippen LogP contribution in [0.3, 0.4) is 0 Å². The number of carboxylic acid groups (broad SMARTS) is 1. The molecule has 6 atom stereocenters. The molecule has 0 saturated heterocycles. The van der Waals surface area contributed by atoms with Gasteiger partial charge in [0.05, 0.1) is 18.1 Å². The number of nitrogens with two attached hydrogens (primary N) is 3. The number of hydrogen-bond acceptors (Lipinski definition) is 13. The predicted octanol–water partition coefficient (Wildman–Crippen LogP) is 0.0329. The summed E-state index contributed by atoms with van der Waals surface area (Å²) in [5.41, 5.74) is 19.2. The maximum absolute atomic E-state index is 14.5. The topological polar surface area (TPSA) is 353 Å². The monoisotopic (exact) mass is 996 g/mol. The Bertz CT molecular complexity index is 2180. The first-order valence-electron chi connectivity index (χ1n) is 23.9. The van der Waals surface area contributed by atoms with E-state index >= 15 is 0 Å². The summed E-state index contributed by atoms with van der Waals surface area (Å²) in [4.78, 5) is 102. The molecule has 0 radical (unpaired) electrons. The maximum Gasteiger partial charge on any atom is 0.303 e. The van der Waals surface area contributed by atoms with Crippen LogP contribution >= 0.6 is 0 Å². The molecule has 0 saturated carbocycles. The third-order valence-electron chi connectivity index (χ3n) is 11.4. The van der Waals surface area contributed by atoms with Crippen LogP contribution in [-0.2, 0) is 62.7 Å². The molecule has 0 spiro atoms. The van der Waals surface area contributed by atoms with Crippen LogP contribution in [0.5, 0.6) is 0 Å². The molecule has 0 aliphatic heterocycles. The highest BCUT2D eigenvalue weighted by molar-refractivity contribution is 7.90. The molecule has 1 aromatic heterocycles. The van der Waals surface area contributed by atoms with Gasteiger partial charge in [-0.2, -0.15) is 0 Å². The van der Waals surface area contributed by atoms with E-state index in [9.17, 15) is 47.1 Å². The Morgan fingerprint density at radius 1 is 0.586 bits per heavy atom. The van der Waals surface area contributed by atoms with Crippen molar-refractivity contribution in [2.45, 2.75) is 133 Å². The van der Waals surface area contributed by atoms with E-state index < -0.39 is 100 Å². The number of aromatic amines is 1. The Morgan fingerprint density at radius 3 is 1.56 bits per heavy atom. The number of carbonyl (C=O) groups is 7. The van der Waals surface area contributed by atoms with Crippen molar-refractivity contribution >= 4 is 51.2 Å². The van der Waals surface area contributed by atoms with Crippen LogP contribution in [0.25, 0.3) is 0 Å². The van der Waals surface area contributed by atoms with Crippen molar-refractivity contribution in [3.05, 3.63) is 90.0 Å². The van der Waals surface area contributed by atoms with Crippen LogP contribution in [0, 0.1) is 0 Å². The third-order valence-corrected chi connectivity index (χ3v) is 12.3. The summed E-state index contributed by atoms with van der Waals surface area (Å²) in [6, 6.07) is 10.1. The first-order chi connectivity index (χ1) is 33.5. The summed E-state index contributed by atoms with van der Waals surface area (Å²) in [6.07, 6.45) is 9.26. The average Bonchev–Trinajstić information content (AvgIpc) is 3.85. The number of H-pyrrole nitrogens is 1. The number of nitrogens with one attached hydrogen (secondary N) is 7.